The zero-order chi connectivity index (χ0) is 8.59. The van der Waals surface area contributed by atoms with Crippen molar-refractivity contribution in [3.8, 4) is 0 Å². The highest BCUT2D eigenvalue weighted by atomic mass is 35.5. The molecule has 0 aliphatic carbocycles. The summed E-state index contributed by atoms with van der Waals surface area (Å²) in [6.07, 6.45) is 0. The van der Waals surface area contributed by atoms with Gasteiger partial charge in [0, 0.05) is 5.69 Å². The SMILES string of the molecule is Cc1nc(Cl)c(F)c(N)c1C. The van der Waals surface area contributed by atoms with Crippen LogP contribution in [0.4, 0.5) is 10.1 Å². The van der Waals surface area contributed by atoms with Crippen molar-refractivity contribution in [1.82, 2.24) is 4.98 Å². The Bertz CT molecular complexity index is 273. The second-order valence-electron chi connectivity index (χ2n) is 2.34. The largest absolute Gasteiger partial charge is 0.396 e. The van der Waals surface area contributed by atoms with Crippen LogP contribution in [0.2, 0.25) is 5.15 Å². The molecule has 2 N–H and O–H groups in total. The van der Waals surface area contributed by atoms with Gasteiger partial charge < -0.3 is 5.73 Å². The molecule has 2 nitrogen and oxygen atoms in total. The van der Waals surface area contributed by atoms with Crippen molar-refractivity contribution < 1.29 is 4.39 Å². The second-order valence-corrected chi connectivity index (χ2v) is 2.70. The minimum absolute atomic E-state index is 0.0856. The van der Waals surface area contributed by atoms with E-state index in [9.17, 15) is 4.39 Å². The van der Waals surface area contributed by atoms with Crippen LogP contribution in [0, 0.1) is 19.7 Å². The molecule has 1 aromatic heterocycles. The van der Waals surface area contributed by atoms with Gasteiger partial charge in [-0.1, -0.05) is 11.6 Å². The minimum atomic E-state index is -0.630. The summed E-state index contributed by atoms with van der Waals surface area (Å²) < 4.78 is 12.9. The molecule has 0 spiro atoms. The van der Waals surface area contributed by atoms with E-state index in [2.05, 4.69) is 4.98 Å². The average Bonchev–Trinajstić information content (AvgIpc) is 1.97. The molecule has 0 radical (unpaired) electrons. The first kappa shape index (κ1) is 8.27. The molecule has 0 bridgehead atoms. The first-order valence-electron chi connectivity index (χ1n) is 3.11. The Balaban J connectivity index is 3.46. The summed E-state index contributed by atoms with van der Waals surface area (Å²) in [5.41, 5.74) is 6.78. The lowest BCUT2D eigenvalue weighted by atomic mass is 10.2. The summed E-state index contributed by atoms with van der Waals surface area (Å²) in [4.78, 5) is 3.74. The molecule has 0 amide bonds. The van der Waals surface area contributed by atoms with E-state index >= 15 is 0 Å². The highest BCUT2D eigenvalue weighted by molar-refractivity contribution is 6.29. The maximum atomic E-state index is 12.9. The van der Waals surface area contributed by atoms with Crippen molar-refractivity contribution in [1.29, 1.82) is 0 Å². The summed E-state index contributed by atoms with van der Waals surface area (Å²) >= 11 is 5.43. The van der Waals surface area contributed by atoms with Gasteiger partial charge in [-0.25, -0.2) is 9.37 Å². The number of pyridine rings is 1. The number of aromatic nitrogens is 1. The summed E-state index contributed by atoms with van der Waals surface area (Å²) in [6, 6.07) is 0. The number of nitrogens with two attached hydrogens (primary N) is 1. The summed E-state index contributed by atoms with van der Waals surface area (Å²) in [6.45, 7) is 3.44. The first-order chi connectivity index (χ1) is 5.04. The van der Waals surface area contributed by atoms with Crippen LogP contribution in [0.1, 0.15) is 11.3 Å². The molecular formula is C7H8ClFN2. The number of rotatable bonds is 0. The summed E-state index contributed by atoms with van der Waals surface area (Å²) in [5.74, 6) is -0.630. The van der Waals surface area contributed by atoms with Crippen molar-refractivity contribution in [3.05, 3.63) is 22.2 Å². The van der Waals surface area contributed by atoms with Crippen LogP contribution >= 0.6 is 11.6 Å². The number of hydrogen-bond donors (Lipinski definition) is 1. The molecule has 0 saturated heterocycles. The normalized spacial score (nSPS) is 10.2. The van der Waals surface area contributed by atoms with E-state index in [-0.39, 0.29) is 10.8 Å². The number of anilines is 1. The average molecular weight is 175 g/mol. The fourth-order valence-corrected chi connectivity index (χ4v) is 0.979. The Labute approximate surface area is 69.2 Å². The molecule has 11 heavy (non-hydrogen) atoms. The highest BCUT2D eigenvalue weighted by Crippen LogP contribution is 2.23. The molecule has 1 aromatic rings. The Kier molecular flexibility index (Phi) is 2.00. The first-order valence-corrected chi connectivity index (χ1v) is 3.49. The number of halogens is 2. The zero-order valence-electron chi connectivity index (χ0n) is 6.28. The molecule has 4 heteroatoms. The van der Waals surface area contributed by atoms with E-state index in [4.69, 9.17) is 17.3 Å². The standard InChI is InChI=1S/C7H8ClFN2/c1-3-4(2)11-7(8)5(9)6(3)10/h1-2H3,(H2,10,11). The van der Waals surface area contributed by atoms with E-state index in [1.807, 2.05) is 0 Å². The number of aryl methyl sites for hydroxylation is 1. The molecule has 0 aliphatic heterocycles. The summed E-state index contributed by atoms with van der Waals surface area (Å²) in [5, 5.41) is -0.161. The number of nitrogens with zero attached hydrogens (tertiary/aromatic N) is 1. The van der Waals surface area contributed by atoms with Crippen molar-refractivity contribution in [3.63, 3.8) is 0 Å². The Hall–Kier alpha value is -0.830. The lowest BCUT2D eigenvalue weighted by Gasteiger charge is -2.04. The fourth-order valence-electron chi connectivity index (χ4n) is 0.751. The van der Waals surface area contributed by atoms with Gasteiger partial charge in [-0.3, -0.25) is 0 Å². The van der Waals surface area contributed by atoms with Gasteiger partial charge in [-0.15, -0.1) is 0 Å². The third-order valence-electron chi connectivity index (χ3n) is 1.63. The second kappa shape index (κ2) is 2.66. The van der Waals surface area contributed by atoms with E-state index in [0.29, 0.717) is 11.3 Å². The molecule has 0 unspecified atom stereocenters. The van der Waals surface area contributed by atoms with Crippen LogP contribution in [0.15, 0.2) is 0 Å². The van der Waals surface area contributed by atoms with E-state index in [1.165, 1.54) is 0 Å². The van der Waals surface area contributed by atoms with E-state index in [0.717, 1.165) is 0 Å². The predicted molar refractivity (Wildman–Crippen MR) is 43.1 cm³/mol. The van der Waals surface area contributed by atoms with E-state index < -0.39 is 5.82 Å². The van der Waals surface area contributed by atoms with Crippen LogP contribution < -0.4 is 5.73 Å². The van der Waals surface area contributed by atoms with Gasteiger partial charge in [-0.05, 0) is 19.4 Å². The fraction of sp³-hybridized carbons (Fsp3) is 0.286. The van der Waals surface area contributed by atoms with Crippen LogP contribution in [0.25, 0.3) is 0 Å². The molecule has 60 valence electrons. The highest BCUT2D eigenvalue weighted by Gasteiger charge is 2.10. The number of nitrogen functional groups attached to an aromatic ring is 1. The van der Waals surface area contributed by atoms with Gasteiger partial charge in [-0.2, -0.15) is 0 Å². The Morgan fingerprint density at radius 1 is 1.45 bits per heavy atom. The van der Waals surface area contributed by atoms with Crippen LogP contribution in [-0.4, -0.2) is 4.98 Å². The van der Waals surface area contributed by atoms with Crippen LogP contribution in [-0.2, 0) is 0 Å². The molecule has 0 fully saturated rings. The van der Waals surface area contributed by atoms with Crippen molar-refractivity contribution in [2.75, 3.05) is 5.73 Å². The number of hydrogen-bond acceptors (Lipinski definition) is 2. The van der Waals surface area contributed by atoms with Gasteiger partial charge in [0.25, 0.3) is 0 Å². The lowest BCUT2D eigenvalue weighted by molar-refractivity contribution is 0.624. The smallest absolute Gasteiger partial charge is 0.183 e. The van der Waals surface area contributed by atoms with E-state index in [1.54, 1.807) is 13.8 Å². The molecule has 0 aliphatic rings. The Morgan fingerprint density at radius 2 is 2.00 bits per heavy atom. The Morgan fingerprint density at radius 3 is 2.55 bits per heavy atom. The topological polar surface area (TPSA) is 38.9 Å². The van der Waals surface area contributed by atoms with Gasteiger partial charge in [0.15, 0.2) is 11.0 Å². The minimum Gasteiger partial charge on any atom is -0.396 e. The van der Waals surface area contributed by atoms with Gasteiger partial charge in [0.05, 0.1) is 5.69 Å². The van der Waals surface area contributed by atoms with Crippen molar-refractivity contribution >= 4 is 17.3 Å². The molecule has 0 atom stereocenters. The zero-order valence-corrected chi connectivity index (χ0v) is 7.04. The third kappa shape index (κ3) is 1.28. The molecular weight excluding hydrogens is 167 g/mol. The summed E-state index contributed by atoms with van der Waals surface area (Å²) in [7, 11) is 0. The van der Waals surface area contributed by atoms with Gasteiger partial charge in [0.2, 0.25) is 0 Å². The maximum Gasteiger partial charge on any atom is 0.183 e. The molecule has 0 saturated carbocycles. The third-order valence-corrected chi connectivity index (χ3v) is 1.88. The van der Waals surface area contributed by atoms with Crippen molar-refractivity contribution in [2.24, 2.45) is 0 Å². The lowest BCUT2D eigenvalue weighted by Crippen LogP contribution is -2.00. The molecule has 1 heterocycles. The van der Waals surface area contributed by atoms with Crippen LogP contribution in [0.5, 0.6) is 0 Å². The van der Waals surface area contributed by atoms with Gasteiger partial charge in [0.1, 0.15) is 0 Å². The maximum absolute atomic E-state index is 12.9. The van der Waals surface area contributed by atoms with Gasteiger partial charge >= 0.3 is 0 Å². The molecule has 0 aromatic carbocycles. The van der Waals surface area contributed by atoms with Crippen molar-refractivity contribution in [2.45, 2.75) is 13.8 Å². The predicted octanol–water partition coefficient (Wildman–Crippen LogP) is 2.07. The molecule has 1 rings (SSSR count). The monoisotopic (exact) mass is 174 g/mol. The quantitative estimate of drug-likeness (QED) is 0.612. The van der Waals surface area contributed by atoms with Crippen LogP contribution in [0.3, 0.4) is 0 Å².